The summed E-state index contributed by atoms with van der Waals surface area (Å²) in [5, 5.41) is 13.2. The van der Waals surface area contributed by atoms with E-state index >= 15 is 0 Å². The number of aliphatic hydroxyl groups excluding tert-OH is 1. The average molecular weight is 291 g/mol. The first kappa shape index (κ1) is 16.3. The molecule has 0 saturated heterocycles. The highest BCUT2D eigenvalue weighted by Gasteiger charge is 2.36. The Kier molecular flexibility index (Phi) is 5.28. The number of aliphatic hydroxyl groups is 1. The molecule has 0 spiro atoms. The number of hydrogen-bond donors (Lipinski definition) is 2. The summed E-state index contributed by atoms with van der Waals surface area (Å²) in [5.41, 5.74) is 1.47. The maximum absolute atomic E-state index is 9.35. The van der Waals surface area contributed by atoms with Crippen LogP contribution in [0, 0.1) is 11.3 Å². The molecule has 3 heteroatoms. The summed E-state index contributed by atoms with van der Waals surface area (Å²) in [6.45, 7) is 6.93. The first-order valence-corrected chi connectivity index (χ1v) is 7.96. The molecule has 3 nitrogen and oxygen atoms in total. The SMILES string of the molecule is COc1ccc(C(NC(CCO)C(C)(C)C)C2CC2)cc1. The minimum atomic E-state index is 0.141. The Bertz CT molecular complexity index is 432. The number of benzene rings is 1. The number of methoxy groups -OCH3 is 1. The molecule has 2 rings (SSSR count). The van der Waals surface area contributed by atoms with Crippen LogP contribution in [0.5, 0.6) is 5.75 Å². The van der Waals surface area contributed by atoms with Gasteiger partial charge in [-0.3, -0.25) is 0 Å². The molecule has 118 valence electrons. The van der Waals surface area contributed by atoms with Gasteiger partial charge in [0.2, 0.25) is 0 Å². The van der Waals surface area contributed by atoms with E-state index in [1.807, 2.05) is 12.1 Å². The van der Waals surface area contributed by atoms with Crippen molar-refractivity contribution < 1.29 is 9.84 Å². The van der Waals surface area contributed by atoms with Gasteiger partial charge in [-0.15, -0.1) is 0 Å². The smallest absolute Gasteiger partial charge is 0.118 e. The second-order valence-corrected chi connectivity index (χ2v) is 7.19. The predicted molar refractivity (Wildman–Crippen MR) is 86.5 cm³/mol. The van der Waals surface area contributed by atoms with Gasteiger partial charge in [0, 0.05) is 18.7 Å². The summed E-state index contributed by atoms with van der Waals surface area (Å²) in [4.78, 5) is 0. The van der Waals surface area contributed by atoms with E-state index in [2.05, 4.69) is 38.2 Å². The Morgan fingerprint density at radius 1 is 1.24 bits per heavy atom. The third-order valence-corrected chi connectivity index (χ3v) is 4.41. The van der Waals surface area contributed by atoms with Gasteiger partial charge in [-0.1, -0.05) is 32.9 Å². The van der Waals surface area contributed by atoms with Gasteiger partial charge in [-0.2, -0.15) is 0 Å². The molecular formula is C18H29NO2. The second-order valence-electron chi connectivity index (χ2n) is 7.19. The van der Waals surface area contributed by atoms with Gasteiger partial charge in [0.15, 0.2) is 0 Å². The minimum absolute atomic E-state index is 0.141. The Morgan fingerprint density at radius 2 is 1.86 bits per heavy atom. The quantitative estimate of drug-likeness (QED) is 0.807. The van der Waals surface area contributed by atoms with E-state index in [1.165, 1.54) is 18.4 Å². The van der Waals surface area contributed by atoms with Crippen LogP contribution in [0.15, 0.2) is 24.3 Å². The van der Waals surface area contributed by atoms with Gasteiger partial charge in [-0.05, 0) is 48.3 Å². The number of rotatable bonds is 7. The van der Waals surface area contributed by atoms with E-state index in [0.717, 1.165) is 18.1 Å². The van der Waals surface area contributed by atoms with Crippen LogP contribution in [0.25, 0.3) is 0 Å². The molecular weight excluding hydrogens is 262 g/mol. The van der Waals surface area contributed by atoms with Crippen LogP contribution in [-0.4, -0.2) is 24.9 Å². The van der Waals surface area contributed by atoms with Crippen molar-refractivity contribution in [3.8, 4) is 5.75 Å². The zero-order valence-corrected chi connectivity index (χ0v) is 13.7. The van der Waals surface area contributed by atoms with E-state index in [4.69, 9.17) is 4.74 Å². The molecule has 1 saturated carbocycles. The highest BCUT2D eigenvalue weighted by atomic mass is 16.5. The van der Waals surface area contributed by atoms with Gasteiger partial charge in [0.05, 0.1) is 7.11 Å². The standard InChI is InChI=1S/C18H29NO2/c1-18(2,3)16(11-12-20)19-17(13-5-6-13)14-7-9-15(21-4)10-8-14/h7-10,13,16-17,19-20H,5-6,11-12H2,1-4H3. The Morgan fingerprint density at radius 3 is 2.29 bits per heavy atom. The molecule has 0 bridgehead atoms. The van der Waals surface area contributed by atoms with Crippen LogP contribution in [0.4, 0.5) is 0 Å². The first-order chi connectivity index (χ1) is 9.95. The summed E-state index contributed by atoms with van der Waals surface area (Å²) in [6, 6.07) is 9.08. The number of hydrogen-bond acceptors (Lipinski definition) is 3. The monoisotopic (exact) mass is 291 g/mol. The lowest BCUT2D eigenvalue weighted by molar-refractivity contribution is 0.181. The summed E-state index contributed by atoms with van der Waals surface area (Å²) < 4.78 is 5.25. The second kappa shape index (κ2) is 6.80. The lowest BCUT2D eigenvalue weighted by Gasteiger charge is -2.35. The zero-order valence-electron chi connectivity index (χ0n) is 13.7. The highest BCUT2D eigenvalue weighted by molar-refractivity contribution is 5.30. The third-order valence-electron chi connectivity index (χ3n) is 4.41. The van der Waals surface area contributed by atoms with E-state index in [-0.39, 0.29) is 12.0 Å². The summed E-state index contributed by atoms with van der Waals surface area (Å²) in [7, 11) is 1.70. The molecule has 0 amide bonds. The van der Waals surface area contributed by atoms with Crippen molar-refractivity contribution >= 4 is 0 Å². The van der Waals surface area contributed by atoms with Crippen LogP contribution in [-0.2, 0) is 0 Å². The van der Waals surface area contributed by atoms with Crippen molar-refractivity contribution in [3.63, 3.8) is 0 Å². The molecule has 21 heavy (non-hydrogen) atoms. The van der Waals surface area contributed by atoms with Gasteiger partial charge < -0.3 is 15.2 Å². The molecule has 2 N–H and O–H groups in total. The summed E-state index contributed by atoms with van der Waals surface area (Å²) in [5.74, 6) is 1.62. The topological polar surface area (TPSA) is 41.5 Å². The Balaban J connectivity index is 2.14. The fourth-order valence-electron chi connectivity index (χ4n) is 2.86. The van der Waals surface area contributed by atoms with Gasteiger partial charge in [-0.25, -0.2) is 0 Å². The molecule has 0 aliphatic heterocycles. The van der Waals surface area contributed by atoms with Crippen LogP contribution >= 0.6 is 0 Å². The fraction of sp³-hybridized carbons (Fsp3) is 0.667. The summed E-state index contributed by atoms with van der Waals surface area (Å²) >= 11 is 0. The maximum atomic E-state index is 9.35. The van der Waals surface area contributed by atoms with Crippen molar-refractivity contribution in [2.24, 2.45) is 11.3 Å². The summed E-state index contributed by atoms with van der Waals surface area (Å²) in [6.07, 6.45) is 3.38. The molecule has 1 fully saturated rings. The van der Waals surface area contributed by atoms with E-state index in [0.29, 0.717) is 12.1 Å². The van der Waals surface area contributed by atoms with Crippen LogP contribution in [0.1, 0.15) is 51.6 Å². The largest absolute Gasteiger partial charge is 0.497 e. The molecule has 2 unspecified atom stereocenters. The molecule has 1 aliphatic carbocycles. The van der Waals surface area contributed by atoms with E-state index < -0.39 is 0 Å². The van der Waals surface area contributed by atoms with Crippen molar-refractivity contribution in [1.82, 2.24) is 5.32 Å². The minimum Gasteiger partial charge on any atom is -0.497 e. The maximum Gasteiger partial charge on any atom is 0.118 e. The van der Waals surface area contributed by atoms with Crippen molar-refractivity contribution in [2.45, 2.75) is 52.1 Å². The van der Waals surface area contributed by atoms with E-state index in [1.54, 1.807) is 7.11 Å². The predicted octanol–water partition coefficient (Wildman–Crippen LogP) is 3.53. The zero-order chi connectivity index (χ0) is 15.5. The van der Waals surface area contributed by atoms with Crippen molar-refractivity contribution in [2.75, 3.05) is 13.7 Å². The molecule has 0 radical (unpaired) electrons. The van der Waals surface area contributed by atoms with Gasteiger partial charge in [0.1, 0.15) is 5.75 Å². The molecule has 2 atom stereocenters. The fourth-order valence-corrected chi connectivity index (χ4v) is 2.86. The van der Waals surface area contributed by atoms with E-state index in [9.17, 15) is 5.11 Å². The number of ether oxygens (including phenoxy) is 1. The third kappa shape index (κ3) is 4.45. The molecule has 1 aliphatic rings. The average Bonchev–Trinajstić information content (AvgIpc) is 3.27. The normalized spacial score (nSPS) is 18.3. The molecule has 1 aromatic rings. The van der Waals surface area contributed by atoms with Gasteiger partial charge >= 0.3 is 0 Å². The van der Waals surface area contributed by atoms with Gasteiger partial charge in [0.25, 0.3) is 0 Å². The lowest BCUT2D eigenvalue weighted by atomic mass is 9.83. The Labute approximate surface area is 128 Å². The van der Waals surface area contributed by atoms with Crippen LogP contribution in [0.2, 0.25) is 0 Å². The van der Waals surface area contributed by atoms with Crippen LogP contribution < -0.4 is 10.1 Å². The lowest BCUT2D eigenvalue weighted by Crippen LogP contribution is -2.43. The molecule has 0 aromatic heterocycles. The molecule has 0 heterocycles. The first-order valence-electron chi connectivity index (χ1n) is 7.96. The number of nitrogens with one attached hydrogen (secondary N) is 1. The highest BCUT2D eigenvalue weighted by Crippen LogP contribution is 2.42. The Hall–Kier alpha value is -1.06. The van der Waals surface area contributed by atoms with Crippen molar-refractivity contribution in [1.29, 1.82) is 0 Å². The molecule has 1 aromatic carbocycles. The van der Waals surface area contributed by atoms with Crippen molar-refractivity contribution in [3.05, 3.63) is 29.8 Å². The van der Waals surface area contributed by atoms with Crippen LogP contribution in [0.3, 0.4) is 0 Å².